The standard InChI is InChI=1S/C18H18N2O5S2/c21-16(19-14-9-10-27(24,25)12-14)11-20-17(22)15(26-18(20)23)8-4-7-13-5-2-1-3-6-13/h1-8,14H,9-12H2,(H,19,21). The highest BCUT2D eigenvalue weighted by Crippen LogP contribution is 2.30. The predicted molar refractivity (Wildman–Crippen MR) is 103 cm³/mol. The molecule has 1 aromatic carbocycles. The highest BCUT2D eigenvalue weighted by atomic mass is 32.2. The number of benzene rings is 1. The van der Waals surface area contributed by atoms with Crippen LogP contribution < -0.4 is 5.32 Å². The topological polar surface area (TPSA) is 101 Å². The van der Waals surface area contributed by atoms with Gasteiger partial charge in [0, 0.05) is 6.04 Å². The zero-order chi connectivity index (χ0) is 19.4. The van der Waals surface area contributed by atoms with Crippen LogP contribution in [0.25, 0.3) is 6.08 Å². The minimum absolute atomic E-state index is 0.0377. The molecule has 0 spiro atoms. The fraction of sp³-hybridized carbons (Fsp3) is 0.278. The van der Waals surface area contributed by atoms with Crippen LogP contribution in [0.4, 0.5) is 4.79 Å². The van der Waals surface area contributed by atoms with Crippen molar-refractivity contribution in [2.45, 2.75) is 12.5 Å². The zero-order valence-corrected chi connectivity index (χ0v) is 16.0. The van der Waals surface area contributed by atoms with Crippen molar-refractivity contribution in [3.05, 3.63) is 53.0 Å². The second-order valence-electron chi connectivity index (χ2n) is 6.23. The largest absolute Gasteiger partial charge is 0.351 e. The van der Waals surface area contributed by atoms with Gasteiger partial charge < -0.3 is 5.32 Å². The molecule has 1 unspecified atom stereocenters. The molecule has 2 saturated heterocycles. The van der Waals surface area contributed by atoms with E-state index in [1.165, 1.54) is 0 Å². The molecule has 142 valence electrons. The quantitative estimate of drug-likeness (QED) is 0.745. The van der Waals surface area contributed by atoms with E-state index in [0.717, 1.165) is 22.2 Å². The van der Waals surface area contributed by atoms with E-state index >= 15 is 0 Å². The van der Waals surface area contributed by atoms with Crippen LogP contribution in [0, 0.1) is 0 Å². The maximum Gasteiger partial charge on any atom is 0.294 e. The second-order valence-corrected chi connectivity index (χ2v) is 9.45. The minimum Gasteiger partial charge on any atom is -0.351 e. The summed E-state index contributed by atoms with van der Waals surface area (Å²) >= 11 is 0.773. The van der Waals surface area contributed by atoms with Crippen molar-refractivity contribution in [2.75, 3.05) is 18.1 Å². The lowest BCUT2D eigenvalue weighted by Gasteiger charge is -2.15. The molecule has 2 aliphatic heterocycles. The first kappa shape index (κ1) is 19.4. The highest BCUT2D eigenvalue weighted by Gasteiger charge is 2.37. The van der Waals surface area contributed by atoms with E-state index in [9.17, 15) is 22.8 Å². The molecule has 0 saturated carbocycles. The number of hydrogen-bond donors (Lipinski definition) is 1. The number of hydrogen-bond acceptors (Lipinski definition) is 6. The first-order valence-corrected chi connectivity index (χ1v) is 10.9. The maximum absolute atomic E-state index is 12.3. The SMILES string of the molecule is O=C(CN1C(=O)SC(=CC=Cc2ccccc2)C1=O)NC1CCS(=O)(=O)C1. The number of thioether (sulfide) groups is 1. The molecular formula is C18H18N2O5S2. The normalized spacial score (nSPS) is 23.5. The van der Waals surface area contributed by atoms with Gasteiger partial charge in [-0.3, -0.25) is 19.3 Å². The molecule has 9 heteroatoms. The van der Waals surface area contributed by atoms with Crippen LogP contribution in [0.15, 0.2) is 47.4 Å². The maximum atomic E-state index is 12.3. The van der Waals surface area contributed by atoms with Crippen LogP contribution >= 0.6 is 11.8 Å². The third kappa shape index (κ3) is 5.08. The van der Waals surface area contributed by atoms with Crippen molar-refractivity contribution in [3.8, 4) is 0 Å². The molecule has 2 fully saturated rings. The average molecular weight is 406 g/mol. The van der Waals surface area contributed by atoms with E-state index < -0.39 is 39.5 Å². The van der Waals surface area contributed by atoms with Gasteiger partial charge in [0.15, 0.2) is 9.84 Å². The van der Waals surface area contributed by atoms with Gasteiger partial charge in [-0.1, -0.05) is 42.5 Å². The van der Waals surface area contributed by atoms with Gasteiger partial charge in [0.05, 0.1) is 16.4 Å². The lowest BCUT2D eigenvalue weighted by atomic mass is 10.2. The van der Waals surface area contributed by atoms with Crippen molar-refractivity contribution in [3.63, 3.8) is 0 Å². The molecule has 7 nitrogen and oxygen atoms in total. The summed E-state index contributed by atoms with van der Waals surface area (Å²) in [5.41, 5.74) is 0.957. The lowest BCUT2D eigenvalue weighted by molar-refractivity contribution is -0.129. The Balaban J connectivity index is 1.58. The number of nitrogens with zero attached hydrogens (tertiary/aromatic N) is 1. The minimum atomic E-state index is -3.11. The number of allylic oxidation sites excluding steroid dienone is 2. The fourth-order valence-corrected chi connectivity index (χ4v) is 5.25. The van der Waals surface area contributed by atoms with Crippen LogP contribution in [0.2, 0.25) is 0 Å². The Morgan fingerprint density at radius 2 is 2.00 bits per heavy atom. The number of carbonyl (C=O) groups excluding carboxylic acids is 3. The third-order valence-electron chi connectivity index (χ3n) is 4.11. The van der Waals surface area contributed by atoms with Crippen molar-refractivity contribution in [1.29, 1.82) is 0 Å². The van der Waals surface area contributed by atoms with E-state index in [-0.39, 0.29) is 16.4 Å². The number of carbonyl (C=O) groups is 3. The monoisotopic (exact) mass is 406 g/mol. The second kappa shape index (κ2) is 8.10. The van der Waals surface area contributed by atoms with E-state index in [4.69, 9.17) is 0 Å². The van der Waals surface area contributed by atoms with Gasteiger partial charge in [0.1, 0.15) is 6.54 Å². The molecule has 1 aromatic rings. The van der Waals surface area contributed by atoms with Crippen LogP contribution in [-0.4, -0.2) is 54.5 Å². The van der Waals surface area contributed by atoms with Crippen LogP contribution in [0.1, 0.15) is 12.0 Å². The molecule has 2 heterocycles. The smallest absolute Gasteiger partial charge is 0.294 e. The van der Waals surface area contributed by atoms with Crippen LogP contribution in [0.3, 0.4) is 0 Å². The summed E-state index contributed by atoms with van der Waals surface area (Å²) in [5, 5.41) is 2.06. The van der Waals surface area contributed by atoms with Gasteiger partial charge in [-0.2, -0.15) is 0 Å². The van der Waals surface area contributed by atoms with Crippen molar-refractivity contribution >= 4 is 44.7 Å². The van der Waals surface area contributed by atoms with Gasteiger partial charge in [-0.15, -0.1) is 0 Å². The Labute approximate surface area is 161 Å². The first-order valence-electron chi connectivity index (χ1n) is 8.31. The summed E-state index contributed by atoms with van der Waals surface area (Å²) in [6, 6.07) is 9.03. The summed E-state index contributed by atoms with van der Waals surface area (Å²) in [6.45, 7) is -0.416. The molecule has 27 heavy (non-hydrogen) atoms. The van der Waals surface area contributed by atoms with E-state index in [1.807, 2.05) is 30.3 Å². The number of rotatable bonds is 5. The van der Waals surface area contributed by atoms with E-state index in [2.05, 4.69) is 5.32 Å². The number of imide groups is 1. The summed E-state index contributed by atoms with van der Waals surface area (Å²) in [6.07, 6.45) is 5.37. The Kier molecular flexibility index (Phi) is 5.81. The lowest BCUT2D eigenvalue weighted by Crippen LogP contribution is -2.43. The fourth-order valence-electron chi connectivity index (χ4n) is 2.79. The Morgan fingerprint density at radius 1 is 1.26 bits per heavy atom. The molecular weight excluding hydrogens is 388 g/mol. The van der Waals surface area contributed by atoms with Gasteiger partial charge in [0.2, 0.25) is 5.91 Å². The molecule has 3 amide bonds. The summed E-state index contributed by atoms with van der Waals surface area (Å²) in [7, 11) is -3.11. The van der Waals surface area contributed by atoms with E-state index in [1.54, 1.807) is 18.2 Å². The molecule has 3 rings (SSSR count). The molecule has 2 aliphatic rings. The van der Waals surface area contributed by atoms with E-state index in [0.29, 0.717) is 6.42 Å². The molecule has 0 aliphatic carbocycles. The Morgan fingerprint density at radius 3 is 2.67 bits per heavy atom. The van der Waals surface area contributed by atoms with Crippen molar-refractivity contribution < 1.29 is 22.8 Å². The molecule has 0 radical (unpaired) electrons. The van der Waals surface area contributed by atoms with Gasteiger partial charge in [0.25, 0.3) is 11.1 Å². The predicted octanol–water partition coefficient (Wildman–Crippen LogP) is 1.58. The van der Waals surface area contributed by atoms with Gasteiger partial charge >= 0.3 is 0 Å². The van der Waals surface area contributed by atoms with Crippen LogP contribution in [0.5, 0.6) is 0 Å². The number of nitrogens with one attached hydrogen (secondary N) is 1. The number of sulfone groups is 1. The molecule has 1 atom stereocenters. The molecule has 0 bridgehead atoms. The Bertz CT molecular complexity index is 922. The molecule has 0 aromatic heterocycles. The summed E-state index contributed by atoms with van der Waals surface area (Å²) in [5.74, 6) is -1.14. The van der Waals surface area contributed by atoms with Gasteiger partial charge in [-0.25, -0.2) is 8.42 Å². The average Bonchev–Trinajstić information content (AvgIpc) is 3.09. The Hall–Kier alpha value is -2.39. The molecule has 1 N–H and O–H groups in total. The number of amides is 3. The summed E-state index contributed by atoms with van der Waals surface area (Å²) in [4.78, 5) is 37.5. The van der Waals surface area contributed by atoms with Crippen LogP contribution in [-0.2, 0) is 19.4 Å². The summed E-state index contributed by atoms with van der Waals surface area (Å²) < 4.78 is 22.9. The van der Waals surface area contributed by atoms with Crippen molar-refractivity contribution in [2.24, 2.45) is 0 Å². The first-order chi connectivity index (χ1) is 12.8. The highest BCUT2D eigenvalue weighted by molar-refractivity contribution is 8.18. The third-order valence-corrected chi connectivity index (χ3v) is 6.80. The van der Waals surface area contributed by atoms with Crippen molar-refractivity contribution in [1.82, 2.24) is 10.2 Å². The van der Waals surface area contributed by atoms with Gasteiger partial charge in [-0.05, 0) is 29.8 Å². The zero-order valence-electron chi connectivity index (χ0n) is 14.3.